The van der Waals surface area contributed by atoms with Crippen LogP contribution in [0.15, 0.2) is 59.2 Å². The van der Waals surface area contributed by atoms with E-state index >= 15 is 0 Å². The number of aromatic nitrogens is 1. The van der Waals surface area contributed by atoms with Crippen LogP contribution in [-0.2, 0) is 11.3 Å². The van der Waals surface area contributed by atoms with E-state index in [-0.39, 0.29) is 30.1 Å². The van der Waals surface area contributed by atoms with Crippen molar-refractivity contribution in [2.75, 3.05) is 44.2 Å². The molecule has 1 aromatic carbocycles. The number of ether oxygens (including phenoxy) is 1. The first-order valence-corrected chi connectivity index (χ1v) is 11.8. The fourth-order valence-corrected chi connectivity index (χ4v) is 4.29. The maximum atomic E-state index is 5.66. The first-order chi connectivity index (χ1) is 15.7. The average molecular weight is 562 g/mol. The van der Waals surface area contributed by atoms with E-state index in [1.807, 2.05) is 6.20 Å². The molecule has 4 rings (SSSR count). The normalized spacial score (nSPS) is 19.2. The lowest BCUT2D eigenvalue weighted by atomic mass is 10.0. The highest BCUT2D eigenvalue weighted by atomic mass is 127. The van der Waals surface area contributed by atoms with Gasteiger partial charge in [0.1, 0.15) is 5.82 Å². The smallest absolute Gasteiger partial charge is 0.194 e. The number of anilines is 1. The van der Waals surface area contributed by atoms with Crippen molar-refractivity contribution in [3.05, 3.63) is 65.4 Å². The fraction of sp³-hybridized carbons (Fsp3) is 0.462. The highest BCUT2D eigenvalue weighted by Gasteiger charge is 2.19. The molecule has 0 spiro atoms. The molecule has 2 aromatic rings. The third-order valence-electron chi connectivity index (χ3n) is 6.00. The lowest BCUT2D eigenvalue weighted by Crippen LogP contribution is -2.44. The quantitative estimate of drug-likeness (QED) is 0.330. The summed E-state index contributed by atoms with van der Waals surface area (Å²) in [5.41, 5.74) is 3.99. The maximum absolute atomic E-state index is 5.66. The molecule has 0 radical (unpaired) electrons. The van der Waals surface area contributed by atoms with Gasteiger partial charge in [0.05, 0.1) is 19.3 Å². The van der Waals surface area contributed by atoms with Gasteiger partial charge in [-0.15, -0.1) is 24.0 Å². The summed E-state index contributed by atoms with van der Waals surface area (Å²) in [5, 5.41) is 3.48. The van der Waals surface area contributed by atoms with Gasteiger partial charge in [0, 0.05) is 38.9 Å². The van der Waals surface area contributed by atoms with Crippen molar-refractivity contribution in [3.8, 4) is 0 Å². The lowest BCUT2D eigenvalue weighted by molar-refractivity contribution is 0.0529. The van der Waals surface area contributed by atoms with E-state index < -0.39 is 0 Å². The summed E-state index contributed by atoms with van der Waals surface area (Å²) in [6, 6.07) is 14.8. The van der Waals surface area contributed by atoms with Crippen LogP contribution >= 0.6 is 24.0 Å². The Balaban J connectivity index is 0.00000306. The summed E-state index contributed by atoms with van der Waals surface area (Å²) >= 11 is 0. The van der Waals surface area contributed by atoms with Gasteiger partial charge in [-0.25, -0.2) is 9.98 Å². The number of rotatable bonds is 5. The number of piperidine rings is 1. The Bertz CT molecular complexity index is 923. The predicted molar refractivity (Wildman–Crippen MR) is 147 cm³/mol. The number of guanidine groups is 1. The number of benzene rings is 1. The number of halogens is 1. The highest BCUT2D eigenvalue weighted by Crippen LogP contribution is 2.20. The second kappa shape index (κ2) is 12.9. The first kappa shape index (κ1) is 25.5. The van der Waals surface area contributed by atoms with Gasteiger partial charge in [0.2, 0.25) is 0 Å². The molecule has 0 amide bonds. The molecule has 2 fully saturated rings. The molecule has 1 N–H and O–H groups in total. The van der Waals surface area contributed by atoms with Gasteiger partial charge in [-0.2, -0.15) is 0 Å². The second-order valence-electron chi connectivity index (χ2n) is 8.52. The molecule has 2 aliphatic heterocycles. The molecule has 1 atom stereocenters. The Labute approximate surface area is 215 Å². The van der Waals surface area contributed by atoms with Gasteiger partial charge in [-0.1, -0.05) is 42.0 Å². The van der Waals surface area contributed by atoms with Crippen molar-refractivity contribution >= 4 is 41.8 Å². The highest BCUT2D eigenvalue weighted by molar-refractivity contribution is 14.0. The zero-order valence-electron chi connectivity index (χ0n) is 19.7. The van der Waals surface area contributed by atoms with E-state index in [1.54, 1.807) is 0 Å². The van der Waals surface area contributed by atoms with Crippen LogP contribution in [0.25, 0.3) is 6.08 Å². The number of hydrogen-bond donors (Lipinski definition) is 1. The molecule has 1 unspecified atom stereocenters. The number of pyridine rings is 1. The van der Waals surface area contributed by atoms with Gasteiger partial charge < -0.3 is 19.9 Å². The largest absolute Gasteiger partial charge is 0.375 e. The molecular weight excluding hydrogens is 525 g/mol. The van der Waals surface area contributed by atoms with Crippen LogP contribution in [0.4, 0.5) is 5.82 Å². The number of hydrogen-bond acceptors (Lipinski definition) is 4. The molecule has 2 saturated heterocycles. The van der Waals surface area contributed by atoms with Crippen LogP contribution < -0.4 is 10.2 Å². The second-order valence-corrected chi connectivity index (χ2v) is 8.52. The number of likely N-dealkylation sites (tertiary alicyclic amines) is 1. The van der Waals surface area contributed by atoms with Crippen LogP contribution in [0.3, 0.4) is 0 Å². The first-order valence-electron chi connectivity index (χ1n) is 11.8. The van der Waals surface area contributed by atoms with E-state index in [1.165, 1.54) is 16.7 Å². The van der Waals surface area contributed by atoms with E-state index in [9.17, 15) is 0 Å². The number of nitrogens with zero attached hydrogens (tertiary/aromatic N) is 4. The van der Waals surface area contributed by atoms with Crippen molar-refractivity contribution in [2.45, 2.75) is 39.3 Å². The maximum Gasteiger partial charge on any atom is 0.194 e. The van der Waals surface area contributed by atoms with Crippen LogP contribution in [0, 0.1) is 0 Å². The van der Waals surface area contributed by atoms with E-state index in [4.69, 9.17) is 9.73 Å². The minimum Gasteiger partial charge on any atom is -0.375 e. The molecule has 2 aliphatic rings. The molecule has 1 aromatic heterocycles. The number of morpholine rings is 1. The Morgan fingerprint density at radius 1 is 1.18 bits per heavy atom. The average Bonchev–Trinajstić information content (AvgIpc) is 2.83. The molecule has 0 aliphatic carbocycles. The molecule has 3 heterocycles. The monoisotopic (exact) mass is 561 g/mol. The van der Waals surface area contributed by atoms with Gasteiger partial charge in [0.25, 0.3) is 0 Å². The standard InChI is InChI=1S/C26H35N5O.HI/c1-3-27-26(30-13-10-23(11-14-30)17-22-7-5-4-6-8-22)29-19-24-9-12-28-25(18-24)31-15-16-32-21(2)20-31;/h4-9,12,17-18,21H,3,10-11,13-16,19-20H2,1-2H3,(H,27,29);1H. The van der Waals surface area contributed by atoms with E-state index in [0.29, 0.717) is 6.54 Å². The molecule has 178 valence electrons. The zero-order chi connectivity index (χ0) is 22.2. The van der Waals surface area contributed by atoms with Crippen LogP contribution in [-0.4, -0.2) is 61.3 Å². The topological polar surface area (TPSA) is 53.0 Å². The predicted octanol–water partition coefficient (Wildman–Crippen LogP) is 4.57. The molecule has 0 bridgehead atoms. The molecular formula is C26H36IN5O. The van der Waals surface area contributed by atoms with Crippen molar-refractivity contribution in [1.82, 2.24) is 15.2 Å². The Morgan fingerprint density at radius 3 is 2.70 bits per heavy atom. The third kappa shape index (κ3) is 7.43. The zero-order valence-corrected chi connectivity index (χ0v) is 22.1. The lowest BCUT2D eigenvalue weighted by Gasteiger charge is -2.32. The molecule has 33 heavy (non-hydrogen) atoms. The summed E-state index contributed by atoms with van der Waals surface area (Å²) in [7, 11) is 0. The summed E-state index contributed by atoms with van der Waals surface area (Å²) in [5.74, 6) is 2.02. The number of aliphatic imine (C=N–C) groups is 1. The summed E-state index contributed by atoms with van der Waals surface area (Å²) in [6.45, 7) is 10.3. The van der Waals surface area contributed by atoms with Crippen molar-refractivity contribution < 1.29 is 4.74 Å². The van der Waals surface area contributed by atoms with Gasteiger partial charge in [-0.3, -0.25) is 0 Å². The molecule has 7 heteroatoms. The Hall–Kier alpha value is -2.13. The van der Waals surface area contributed by atoms with E-state index in [0.717, 1.165) is 63.9 Å². The number of nitrogens with one attached hydrogen (secondary N) is 1. The fourth-order valence-electron chi connectivity index (χ4n) is 4.29. The molecule has 6 nitrogen and oxygen atoms in total. The van der Waals surface area contributed by atoms with Crippen molar-refractivity contribution in [1.29, 1.82) is 0 Å². The van der Waals surface area contributed by atoms with Crippen LogP contribution in [0.5, 0.6) is 0 Å². The summed E-state index contributed by atoms with van der Waals surface area (Å²) in [4.78, 5) is 14.2. The van der Waals surface area contributed by atoms with Gasteiger partial charge >= 0.3 is 0 Å². The minimum absolute atomic E-state index is 0. The van der Waals surface area contributed by atoms with Crippen molar-refractivity contribution in [3.63, 3.8) is 0 Å². The Kier molecular flexibility index (Phi) is 9.99. The Morgan fingerprint density at radius 2 is 1.97 bits per heavy atom. The molecule has 0 saturated carbocycles. The van der Waals surface area contributed by atoms with Crippen molar-refractivity contribution in [2.24, 2.45) is 4.99 Å². The summed E-state index contributed by atoms with van der Waals surface area (Å²) in [6.07, 6.45) is 6.63. The van der Waals surface area contributed by atoms with Gasteiger partial charge in [0.15, 0.2) is 5.96 Å². The summed E-state index contributed by atoms with van der Waals surface area (Å²) < 4.78 is 5.66. The van der Waals surface area contributed by atoms with E-state index in [2.05, 4.69) is 82.5 Å². The van der Waals surface area contributed by atoms with Crippen LogP contribution in [0.1, 0.15) is 37.8 Å². The van der Waals surface area contributed by atoms with Crippen LogP contribution in [0.2, 0.25) is 0 Å². The third-order valence-corrected chi connectivity index (χ3v) is 6.00. The minimum atomic E-state index is 0. The SMILES string of the molecule is CCNC(=NCc1ccnc(N2CCOC(C)C2)c1)N1CCC(=Cc2ccccc2)CC1.I. The van der Waals surface area contributed by atoms with Gasteiger partial charge in [-0.05, 0) is 49.9 Å².